The first-order valence-electron chi connectivity index (χ1n) is 6.49. The Hall–Kier alpha value is -0.0300. The fourth-order valence-electron chi connectivity index (χ4n) is 2.40. The fraction of sp³-hybridized carbons (Fsp3) is 0.400. The SMILES string of the molecule is Cc1nn(C)c(CC(CCl)(CCl)c2cccc(Br)c2)c1Br. The second kappa shape index (κ2) is 7.03. The van der Waals surface area contributed by atoms with Crippen LogP contribution in [-0.4, -0.2) is 21.5 Å². The third-order valence-electron chi connectivity index (χ3n) is 3.72. The molecular weight excluding hydrogens is 439 g/mol. The van der Waals surface area contributed by atoms with Crippen LogP contribution < -0.4 is 0 Å². The summed E-state index contributed by atoms with van der Waals surface area (Å²) in [4.78, 5) is 0. The highest BCUT2D eigenvalue weighted by molar-refractivity contribution is 9.10. The Balaban J connectivity index is 2.48. The van der Waals surface area contributed by atoms with Crippen molar-refractivity contribution in [3.63, 3.8) is 0 Å². The van der Waals surface area contributed by atoms with Crippen LogP contribution in [0.5, 0.6) is 0 Å². The zero-order chi connectivity index (χ0) is 15.6. The molecule has 2 aromatic rings. The summed E-state index contributed by atoms with van der Waals surface area (Å²) < 4.78 is 3.95. The minimum absolute atomic E-state index is 0.324. The molecule has 0 aliphatic carbocycles. The van der Waals surface area contributed by atoms with Crippen LogP contribution in [0.2, 0.25) is 0 Å². The Morgan fingerprint density at radius 1 is 1.24 bits per heavy atom. The van der Waals surface area contributed by atoms with Gasteiger partial charge in [-0.25, -0.2) is 0 Å². The van der Waals surface area contributed by atoms with Gasteiger partial charge in [0.05, 0.1) is 15.9 Å². The van der Waals surface area contributed by atoms with Gasteiger partial charge in [0, 0.05) is 35.1 Å². The van der Waals surface area contributed by atoms with Crippen LogP contribution in [0.4, 0.5) is 0 Å². The molecule has 0 unspecified atom stereocenters. The van der Waals surface area contributed by atoms with Gasteiger partial charge in [-0.2, -0.15) is 5.10 Å². The van der Waals surface area contributed by atoms with Gasteiger partial charge < -0.3 is 0 Å². The highest BCUT2D eigenvalue weighted by atomic mass is 79.9. The normalized spacial score (nSPS) is 11.9. The van der Waals surface area contributed by atoms with E-state index in [9.17, 15) is 0 Å². The Kier molecular flexibility index (Phi) is 5.80. The van der Waals surface area contributed by atoms with Gasteiger partial charge in [-0.15, -0.1) is 23.2 Å². The molecule has 0 bridgehead atoms. The summed E-state index contributed by atoms with van der Waals surface area (Å²) in [7, 11) is 1.95. The van der Waals surface area contributed by atoms with E-state index in [0.29, 0.717) is 11.8 Å². The molecule has 0 saturated carbocycles. The van der Waals surface area contributed by atoms with E-state index >= 15 is 0 Å². The highest BCUT2D eigenvalue weighted by Gasteiger charge is 2.33. The summed E-state index contributed by atoms with van der Waals surface area (Å²) >= 11 is 19.8. The van der Waals surface area contributed by atoms with Crippen molar-refractivity contribution in [2.75, 3.05) is 11.8 Å². The van der Waals surface area contributed by atoms with Crippen LogP contribution in [0.25, 0.3) is 0 Å². The molecule has 0 amide bonds. The number of hydrogen-bond acceptors (Lipinski definition) is 1. The van der Waals surface area contributed by atoms with E-state index in [4.69, 9.17) is 23.2 Å². The Bertz CT molecular complexity index is 637. The van der Waals surface area contributed by atoms with Crippen molar-refractivity contribution < 1.29 is 0 Å². The maximum absolute atomic E-state index is 6.33. The number of hydrogen-bond donors (Lipinski definition) is 0. The van der Waals surface area contributed by atoms with Crippen LogP contribution >= 0.6 is 55.1 Å². The molecule has 0 atom stereocenters. The van der Waals surface area contributed by atoms with Crippen molar-refractivity contribution in [2.45, 2.75) is 18.8 Å². The largest absolute Gasteiger partial charge is 0.271 e. The monoisotopic (exact) mass is 452 g/mol. The molecule has 114 valence electrons. The Morgan fingerprint density at radius 2 is 1.90 bits per heavy atom. The highest BCUT2D eigenvalue weighted by Crippen LogP contribution is 2.35. The molecular formula is C15H16Br2Cl2N2. The quantitative estimate of drug-likeness (QED) is 0.567. The standard InChI is InChI=1S/C15H16Br2Cl2N2/c1-10-14(17)13(21(2)20-10)7-15(8-18,9-19)11-4-3-5-12(16)6-11/h3-6H,7-9H2,1-2H3. The number of aromatic nitrogens is 2. The summed E-state index contributed by atoms with van der Waals surface area (Å²) in [6.07, 6.45) is 0.731. The molecule has 2 nitrogen and oxygen atoms in total. The number of aryl methyl sites for hydroxylation is 2. The van der Waals surface area contributed by atoms with Gasteiger partial charge in [0.15, 0.2) is 0 Å². The minimum Gasteiger partial charge on any atom is -0.271 e. The van der Waals surface area contributed by atoms with Crippen LogP contribution in [0.15, 0.2) is 33.2 Å². The molecule has 1 aromatic carbocycles. The van der Waals surface area contributed by atoms with Crippen LogP contribution in [0, 0.1) is 6.92 Å². The molecule has 0 spiro atoms. The van der Waals surface area contributed by atoms with E-state index in [1.807, 2.05) is 30.8 Å². The summed E-state index contributed by atoms with van der Waals surface area (Å²) in [6, 6.07) is 8.17. The number of halogens is 4. The van der Waals surface area contributed by atoms with Crippen molar-refractivity contribution >= 4 is 55.1 Å². The predicted molar refractivity (Wildman–Crippen MR) is 96.6 cm³/mol. The van der Waals surface area contributed by atoms with Crippen LogP contribution in [0.3, 0.4) is 0 Å². The number of nitrogens with zero attached hydrogens (tertiary/aromatic N) is 2. The molecule has 21 heavy (non-hydrogen) atoms. The minimum atomic E-state index is -0.324. The van der Waals surface area contributed by atoms with Crippen molar-refractivity contribution in [3.8, 4) is 0 Å². The molecule has 0 fully saturated rings. The molecule has 2 rings (SSSR count). The van der Waals surface area contributed by atoms with Gasteiger partial charge >= 0.3 is 0 Å². The molecule has 0 aliphatic heterocycles. The van der Waals surface area contributed by atoms with Crippen molar-refractivity contribution in [1.82, 2.24) is 9.78 Å². The average Bonchev–Trinajstić information content (AvgIpc) is 2.70. The smallest absolute Gasteiger partial charge is 0.0738 e. The number of benzene rings is 1. The summed E-state index contributed by atoms with van der Waals surface area (Å²) in [6.45, 7) is 1.98. The molecule has 1 aromatic heterocycles. The second-order valence-electron chi connectivity index (χ2n) is 5.20. The van der Waals surface area contributed by atoms with E-state index in [0.717, 1.165) is 32.3 Å². The first-order valence-corrected chi connectivity index (χ1v) is 9.15. The lowest BCUT2D eigenvalue weighted by atomic mass is 9.80. The van der Waals surface area contributed by atoms with E-state index in [-0.39, 0.29) is 5.41 Å². The van der Waals surface area contributed by atoms with Gasteiger partial charge in [-0.05, 0) is 40.5 Å². The van der Waals surface area contributed by atoms with E-state index in [1.165, 1.54) is 0 Å². The lowest BCUT2D eigenvalue weighted by Gasteiger charge is -2.30. The van der Waals surface area contributed by atoms with Crippen molar-refractivity contribution in [1.29, 1.82) is 0 Å². The molecule has 6 heteroatoms. The molecule has 0 radical (unpaired) electrons. The van der Waals surface area contributed by atoms with Crippen LogP contribution in [0.1, 0.15) is 17.0 Å². The fourth-order valence-corrected chi connectivity index (χ4v) is 4.06. The molecule has 1 heterocycles. The third-order valence-corrected chi connectivity index (χ3v) is 6.26. The predicted octanol–water partition coefficient (Wildman–Crippen LogP) is 5.21. The Labute approximate surface area is 152 Å². The summed E-state index contributed by atoms with van der Waals surface area (Å²) in [5.74, 6) is 0.896. The van der Waals surface area contributed by atoms with Gasteiger partial charge in [0.25, 0.3) is 0 Å². The van der Waals surface area contributed by atoms with Gasteiger partial charge in [0.1, 0.15) is 0 Å². The third kappa shape index (κ3) is 3.49. The first-order chi connectivity index (χ1) is 9.93. The van der Waals surface area contributed by atoms with E-state index in [2.05, 4.69) is 49.1 Å². The average molecular weight is 455 g/mol. The van der Waals surface area contributed by atoms with Crippen molar-refractivity contribution in [3.05, 3.63) is 50.2 Å². The zero-order valence-corrected chi connectivity index (χ0v) is 16.5. The van der Waals surface area contributed by atoms with Crippen molar-refractivity contribution in [2.24, 2.45) is 7.05 Å². The molecule has 0 N–H and O–H groups in total. The first kappa shape index (κ1) is 17.3. The summed E-state index contributed by atoms with van der Waals surface area (Å²) in [5, 5.41) is 4.45. The van der Waals surface area contributed by atoms with Gasteiger partial charge in [0.2, 0.25) is 0 Å². The van der Waals surface area contributed by atoms with E-state index in [1.54, 1.807) is 0 Å². The number of rotatable bonds is 5. The molecule has 0 aliphatic rings. The number of alkyl halides is 2. The second-order valence-corrected chi connectivity index (χ2v) is 7.45. The zero-order valence-electron chi connectivity index (χ0n) is 11.8. The summed E-state index contributed by atoms with van der Waals surface area (Å²) in [5.41, 5.74) is 2.89. The molecule has 0 saturated heterocycles. The lowest BCUT2D eigenvalue weighted by molar-refractivity contribution is 0.509. The maximum atomic E-state index is 6.33. The lowest BCUT2D eigenvalue weighted by Crippen LogP contribution is -2.34. The van der Waals surface area contributed by atoms with E-state index < -0.39 is 0 Å². The topological polar surface area (TPSA) is 17.8 Å². The van der Waals surface area contributed by atoms with Crippen LogP contribution in [-0.2, 0) is 18.9 Å². The van der Waals surface area contributed by atoms with Gasteiger partial charge in [-0.3, -0.25) is 4.68 Å². The maximum Gasteiger partial charge on any atom is 0.0738 e. The Morgan fingerprint density at radius 3 is 2.38 bits per heavy atom. The van der Waals surface area contributed by atoms with Gasteiger partial charge in [-0.1, -0.05) is 28.1 Å².